The first kappa shape index (κ1) is 28.8. The SMILES string of the molecule is COc1cc([N+](=O)[O-])c(S(=O)(=O)O)cc1N1N=C(CC(N)=O)NN1c1cc(S(=O)(=O)O)c([N+](=O)[O-])cc1OC. The Bertz CT molecular complexity index is 1640. The zero-order chi connectivity index (χ0) is 29.4. The van der Waals surface area contributed by atoms with Gasteiger partial charge >= 0.3 is 20.2 Å². The third-order valence-corrected chi connectivity index (χ3v) is 6.66. The number of nitrogens with zero attached hydrogens (tertiary/aromatic N) is 5. The highest BCUT2D eigenvalue weighted by Crippen LogP contribution is 2.43. The molecule has 0 aromatic heterocycles. The van der Waals surface area contributed by atoms with Gasteiger partial charge in [0.2, 0.25) is 5.91 Å². The number of nitro benzene ring substituents is 2. The summed E-state index contributed by atoms with van der Waals surface area (Å²) in [5, 5.41) is 28.4. The number of ether oxygens (including phenoxy) is 2. The van der Waals surface area contributed by atoms with Crippen LogP contribution in [0.25, 0.3) is 0 Å². The number of hydrazone groups is 1. The van der Waals surface area contributed by atoms with E-state index < -0.39 is 86.5 Å². The van der Waals surface area contributed by atoms with Crippen LogP contribution in [0.4, 0.5) is 22.7 Å². The molecule has 0 saturated heterocycles. The smallest absolute Gasteiger partial charge is 0.301 e. The van der Waals surface area contributed by atoms with E-state index in [4.69, 9.17) is 15.2 Å². The molecule has 0 spiro atoms. The number of rotatable bonds is 10. The molecule has 0 bridgehead atoms. The number of primary amides is 1. The van der Waals surface area contributed by atoms with Gasteiger partial charge in [0.25, 0.3) is 11.4 Å². The Labute approximate surface area is 217 Å². The highest BCUT2D eigenvalue weighted by atomic mass is 32.2. The van der Waals surface area contributed by atoms with Crippen molar-refractivity contribution in [1.82, 2.24) is 5.43 Å². The molecule has 1 aliphatic heterocycles. The van der Waals surface area contributed by atoms with E-state index in [0.717, 1.165) is 19.3 Å². The number of anilines is 2. The van der Waals surface area contributed by atoms with E-state index in [1.807, 2.05) is 0 Å². The summed E-state index contributed by atoms with van der Waals surface area (Å²) in [5.74, 6) is -2.00. The maximum absolute atomic E-state index is 11.9. The van der Waals surface area contributed by atoms with Crippen molar-refractivity contribution in [3.8, 4) is 11.5 Å². The van der Waals surface area contributed by atoms with E-state index in [1.165, 1.54) is 0 Å². The molecule has 1 aliphatic rings. The van der Waals surface area contributed by atoms with Gasteiger partial charge in [-0.1, -0.05) is 0 Å². The van der Waals surface area contributed by atoms with Crippen molar-refractivity contribution in [2.24, 2.45) is 10.8 Å². The predicted molar refractivity (Wildman–Crippen MR) is 128 cm³/mol. The Kier molecular flexibility index (Phi) is 7.50. The van der Waals surface area contributed by atoms with Gasteiger partial charge in [0, 0.05) is 0 Å². The summed E-state index contributed by atoms with van der Waals surface area (Å²) < 4.78 is 77.1. The molecule has 2 aromatic rings. The summed E-state index contributed by atoms with van der Waals surface area (Å²) in [5.41, 5.74) is 4.68. The molecule has 0 unspecified atom stereocenters. The van der Waals surface area contributed by atoms with Gasteiger partial charge < -0.3 is 15.2 Å². The van der Waals surface area contributed by atoms with Crippen LogP contribution in [0.1, 0.15) is 6.42 Å². The van der Waals surface area contributed by atoms with E-state index in [1.54, 1.807) is 0 Å². The zero-order valence-corrected chi connectivity index (χ0v) is 21.2. The summed E-state index contributed by atoms with van der Waals surface area (Å²) in [4.78, 5) is 29.8. The third-order valence-electron chi connectivity index (χ3n) is 4.90. The van der Waals surface area contributed by atoms with Gasteiger partial charge in [-0.3, -0.25) is 39.6 Å². The molecule has 39 heavy (non-hydrogen) atoms. The fourth-order valence-corrected chi connectivity index (χ4v) is 4.66. The summed E-state index contributed by atoms with van der Waals surface area (Å²) in [6, 6.07) is 2.45. The Morgan fingerprint density at radius 2 is 1.38 bits per heavy atom. The van der Waals surface area contributed by atoms with Crippen LogP contribution in [0.5, 0.6) is 11.5 Å². The molecule has 1 heterocycles. The number of carbonyl (C=O) groups excluding carboxylic acids is 1. The van der Waals surface area contributed by atoms with Crippen LogP contribution in [0.15, 0.2) is 39.2 Å². The highest BCUT2D eigenvalue weighted by molar-refractivity contribution is 7.86. The molecule has 0 fully saturated rings. The number of nitro groups is 2. The van der Waals surface area contributed by atoms with Crippen molar-refractivity contribution >= 4 is 54.7 Å². The number of methoxy groups -OCH3 is 2. The molecule has 210 valence electrons. The van der Waals surface area contributed by atoms with E-state index >= 15 is 0 Å². The lowest BCUT2D eigenvalue weighted by Crippen LogP contribution is -2.45. The van der Waals surface area contributed by atoms with Crippen LogP contribution < -0.4 is 30.9 Å². The Morgan fingerprint density at radius 1 is 0.949 bits per heavy atom. The summed E-state index contributed by atoms with van der Waals surface area (Å²) in [6.45, 7) is 0. The molecule has 5 N–H and O–H groups in total. The van der Waals surface area contributed by atoms with Crippen molar-refractivity contribution < 1.29 is 50.1 Å². The standard InChI is InChI=1S/C17H17N7O13S2/c1-36-12-3-10(23(26)27)14(38(30,31)32)5-8(12)21-19-17(7-16(18)25)20-22(21)9-6-15(39(33,34)35)11(24(28)29)4-13(9)37-2/h3-6H,7H2,1-2H3,(H2,18,25)(H,19,20)(H,30,31,32)(H,33,34,35). The van der Waals surface area contributed by atoms with Gasteiger partial charge in [-0.2, -0.15) is 22.0 Å². The molecule has 2 aromatic carbocycles. The van der Waals surface area contributed by atoms with Gasteiger partial charge in [-0.25, -0.2) is 0 Å². The van der Waals surface area contributed by atoms with E-state index in [2.05, 4.69) is 10.5 Å². The lowest BCUT2D eigenvalue weighted by Gasteiger charge is -2.30. The first-order valence-corrected chi connectivity index (χ1v) is 12.8. The summed E-state index contributed by atoms with van der Waals surface area (Å²) >= 11 is 0. The van der Waals surface area contributed by atoms with Crippen molar-refractivity contribution in [2.75, 3.05) is 24.5 Å². The molecule has 1 amide bonds. The quantitative estimate of drug-likeness (QED) is 0.160. The first-order chi connectivity index (χ1) is 18.0. The van der Waals surface area contributed by atoms with Gasteiger partial charge in [0.1, 0.15) is 11.4 Å². The second kappa shape index (κ2) is 10.2. The second-order valence-electron chi connectivity index (χ2n) is 7.35. The fraction of sp³-hybridized carbons (Fsp3) is 0.176. The monoisotopic (exact) mass is 591 g/mol. The highest BCUT2D eigenvalue weighted by Gasteiger charge is 2.37. The number of carbonyl (C=O) groups is 1. The maximum atomic E-state index is 11.9. The van der Waals surface area contributed by atoms with Gasteiger partial charge in [0.15, 0.2) is 27.1 Å². The van der Waals surface area contributed by atoms with Crippen molar-refractivity contribution in [3.05, 3.63) is 44.5 Å². The van der Waals surface area contributed by atoms with E-state index in [9.17, 15) is 51.0 Å². The van der Waals surface area contributed by atoms with E-state index in [0.29, 0.717) is 29.4 Å². The second-order valence-corrected chi connectivity index (χ2v) is 10.1. The Balaban J connectivity index is 2.39. The number of hydrazine groups is 2. The first-order valence-electron chi connectivity index (χ1n) is 9.90. The largest absolute Gasteiger partial charge is 0.494 e. The molecular weight excluding hydrogens is 574 g/mol. The van der Waals surface area contributed by atoms with Crippen molar-refractivity contribution in [1.29, 1.82) is 0 Å². The Hall–Kier alpha value is -4.80. The summed E-state index contributed by atoms with van der Waals surface area (Å²) in [6.07, 6.45) is -0.589. The lowest BCUT2D eigenvalue weighted by atomic mass is 10.2. The maximum Gasteiger partial charge on any atom is 0.301 e. The fourth-order valence-electron chi connectivity index (χ4n) is 3.34. The van der Waals surface area contributed by atoms with Crippen LogP contribution in [0.2, 0.25) is 0 Å². The van der Waals surface area contributed by atoms with Crippen LogP contribution in [-0.2, 0) is 25.0 Å². The lowest BCUT2D eigenvalue weighted by molar-refractivity contribution is -0.388. The zero-order valence-electron chi connectivity index (χ0n) is 19.5. The average molecular weight is 591 g/mol. The number of nitrogens with two attached hydrogens (primary N) is 1. The summed E-state index contributed by atoms with van der Waals surface area (Å²) in [7, 11) is -8.35. The minimum Gasteiger partial charge on any atom is -0.494 e. The van der Waals surface area contributed by atoms with Crippen LogP contribution in [-0.4, -0.2) is 61.8 Å². The minimum absolute atomic E-state index is 0.259. The average Bonchev–Trinajstić information content (AvgIpc) is 3.23. The molecule has 20 nitrogen and oxygen atoms in total. The topological polar surface area (TPSA) is 287 Å². The van der Waals surface area contributed by atoms with Gasteiger partial charge in [-0.15, -0.1) is 10.2 Å². The van der Waals surface area contributed by atoms with Crippen molar-refractivity contribution in [3.63, 3.8) is 0 Å². The molecular formula is C17H17N7O13S2. The molecule has 0 radical (unpaired) electrons. The van der Waals surface area contributed by atoms with Gasteiger partial charge in [-0.05, 0) is 12.1 Å². The molecule has 0 atom stereocenters. The number of amidine groups is 1. The normalized spacial score (nSPS) is 13.5. The van der Waals surface area contributed by atoms with E-state index in [-0.39, 0.29) is 5.84 Å². The molecule has 0 saturated carbocycles. The van der Waals surface area contributed by atoms with Gasteiger partial charge in [0.05, 0.1) is 42.6 Å². The number of amides is 1. The molecule has 22 heteroatoms. The number of hydrogen-bond acceptors (Lipinski definition) is 15. The number of nitrogens with one attached hydrogen (secondary N) is 1. The van der Waals surface area contributed by atoms with Crippen molar-refractivity contribution in [2.45, 2.75) is 16.2 Å². The number of benzene rings is 2. The minimum atomic E-state index is -5.22. The number of hydrogen-bond donors (Lipinski definition) is 4. The molecule has 3 rings (SSSR count). The molecule has 0 aliphatic carbocycles. The van der Waals surface area contributed by atoms with Crippen LogP contribution >= 0.6 is 0 Å². The Morgan fingerprint density at radius 3 is 1.77 bits per heavy atom. The van der Waals surface area contributed by atoms with Crippen LogP contribution in [0.3, 0.4) is 0 Å². The third kappa shape index (κ3) is 5.71. The predicted octanol–water partition coefficient (Wildman–Crippen LogP) is -0.0513. The van der Waals surface area contributed by atoms with Crippen LogP contribution in [0, 0.1) is 20.2 Å².